The van der Waals surface area contributed by atoms with Crippen LogP contribution < -0.4 is 0 Å². The molecule has 0 aromatic rings. The number of unbranched alkanes of at least 4 members (excludes halogenated alkanes) is 1. The molecule has 0 radical (unpaired) electrons. The zero-order chi connectivity index (χ0) is 9.61. The summed E-state index contributed by atoms with van der Waals surface area (Å²) < 4.78 is 0. The lowest BCUT2D eigenvalue weighted by atomic mass is 9.86. The van der Waals surface area contributed by atoms with Gasteiger partial charge in [0, 0.05) is 0 Å². The molecule has 0 aliphatic carbocycles. The Kier molecular flexibility index (Phi) is 5.28. The molecule has 0 aliphatic heterocycles. The van der Waals surface area contributed by atoms with Gasteiger partial charge in [0.15, 0.2) is 0 Å². The van der Waals surface area contributed by atoms with Crippen LogP contribution in [0.4, 0.5) is 0 Å². The van der Waals surface area contributed by atoms with Gasteiger partial charge in [-0.15, -0.1) is 0 Å². The van der Waals surface area contributed by atoms with Gasteiger partial charge in [0.25, 0.3) is 0 Å². The third-order valence-corrected chi connectivity index (χ3v) is 2.11. The standard InChI is InChI=1S/C12H24/c1-6-7-9-12(4,5)10-8-11(2)3/h8,10-11H,6-7,9H2,1-5H3/b10-8+. The molecule has 0 heterocycles. The van der Waals surface area contributed by atoms with E-state index in [1.807, 2.05) is 0 Å². The summed E-state index contributed by atoms with van der Waals surface area (Å²) in [6, 6.07) is 0. The van der Waals surface area contributed by atoms with Crippen molar-refractivity contribution >= 4 is 0 Å². The van der Waals surface area contributed by atoms with Gasteiger partial charge in [0.05, 0.1) is 0 Å². The SMILES string of the molecule is CCCCC(C)(C)/C=C/C(C)C. The lowest BCUT2D eigenvalue weighted by Crippen LogP contribution is -2.07. The van der Waals surface area contributed by atoms with Crippen molar-refractivity contribution in [2.45, 2.75) is 53.9 Å². The van der Waals surface area contributed by atoms with Crippen molar-refractivity contribution in [2.75, 3.05) is 0 Å². The minimum Gasteiger partial charge on any atom is -0.0854 e. The van der Waals surface area contributed by atoms with Crippen LogP contribution in [0.25, 0.3) is 0 Å². The fourth-order valence-electron chi connectivity index (χ4n) is 1.17. The lowest BCUT2D eigenvalue weighted by molar-refractivity contribution is 0.416. The van der Waals surface area contributed by atoms with Crippen LogP contribution in [0.2, 0.25) is 0 Å². The fourth-order valence-corrected chi connectivity index (χ4v) is 1.17. The Morgan fingerprint density at radius 3 is 2.25 bits per heavy atom. The van der Waals surface area contributed by atoms with Crippen LogP contribution in [0.3, 0.4) is 0 Å². The van der Waals surface area contributed by atoms with Crippen molar-refractivity contribution in [3.05, 3.63) is 12.2 Å². The predicted octanol–water partition coefficient (Wildman–Crippen LogP) is 4.42. The predicted molar refractivity (Wildman–Crippen MR) is 57.3 cm³/mol. The average molecular weight is 168 g/mol. The summed E-state index contributed by atoms with van der Waals surface area (Å²) in [5.41, 5.74) is 0.403. The molecule has 12 heavy (non-hydrogen) atoms. The van der Waals surface area contributed by atoms with Crippen LogP contribution in [0.15, 0.2) is 12.2 Å². The molecule has 0 bridgehead atoms. The first-order valence-corrected chi connectivity index (χ1v) is 5.17. The van der Waals surface area contributed by atoms with Crippen molar-refractivity contribution in [3.63, 3.8) is 0 Å². The Bertz CT molecular complexity index is 129. The molecule has 0 nitrogen and oxygen atoms in total. The zero-order valence-electron chi connectivity index (χ0n) is 9.35. The number of hydrogen-bond acceptors (Lipinski definition) is 0. The number of rotatable bonds is 5. The first kappa shape index (κ1) is 11.7. The fraction of sp³-hybridized carbons (Fsp3) is 0.833. The molecule has 0 aromatic carbocycles. The van der Waals surface area contributed by atoms with Crippen LogP contribution in [0, 0.1) is 11.3 Å². The highest BCUT2D eigenvalue weighted by Crippen LogP contribution is 2.25. The molecular weight excluding hydrogens is 144 g/mol. The van der Waals surface area contributed by atoms with Gasteiger partial charge in [-0.2, -0.15) is 0 Å². The Hall–Kier alpha value is -0.260. The van der Waals surface area contributed by atoms with Crippen molar-refractivity contribution in [1.29, 1.82) is 0 Å². The van der Waals surface area contributed by atoms with Crippen LogP contribution in [0.5, 0.6) is 0 Å². The lowest BCUT2D eigenvalue weighted by Gasteiger charge is -2.19. The summed E-state index contributed by atoms with van der Waals surface area (Å²) in [5.74, 6) is 0.686. The molecule has 0 spiro atoms. The highest BCUT2D eigenvalue weighted by atomic mass is 14.2. The van der Waals surface area contributed by atoms with Gasteiger partial charge in [0.2, 0.25) is 0 Å². The minimum atomic E-state index is 0.403. The molecule has 0 heteroatoms. The van der Waals surface area contributed by atoms with Gasteiger partial charge in [-0.3, -0.25) is 0 Å². The van der Waals surface area contributed by atoms with E-state index in [9.17, 15) is 0 Å². The van der Waals surface area contributed by atoms with E-state index < -0.39 is 0 Å². The maximum Gasteiger partial charge on any atom is -0.0175 e. The molecule has 0 saturated carbocycles. The average Bonchev–Trinajstić information content (AvgIpc) is 1.98. The van der Waals surface area contributed by atoms with E-state index in [4.69, 9.17) is 0 Å². The van der Waals surface area contributed by atoms with Crippen LogP contribution in [0.1, 0.15) is 53.9 Å². The Morgan fingerprint density at radius 2 is 1.83 bits per heavy atom. The molecule has 0 aliphatic rings. The second-order valence-corrected chi connectivity index (χ2v) is 4.70. The molecule has 0 rings (SSSR count). The van der Waals surface area contributed by atoms with E-state index in [0.717, 1.165) is 0 Å². The van der Waals surface area contributed by atoms with Gasteiger partial charge >= 0.3 is 0 Å². The van der Waals surface area contributed by atoms with Crippen LogP contribution >= 0.6 is 0 Å². The molecule has 72 valence electrons. The molecule has 0 unspecified atom stereocenters. The van der Waals surface area contributed by atoms with Gasteiger partial charge in [0.1, 0.15) is 0 Å². The maximum absolute atomic E-state index is 2.37. The second kappa shape index (κ2) is 5.40. The topological polar surface area (TPSA) is 0 Å². The van der Waals surface area contributed by atoms with E-state index in [-0.39, 0.29) is 0 Å². The Morgan fingerprint density at radius 1 is 1.25 bits per heavy atom. The molecule has 0 N–H and O–H groups in total. The van der Waals surface area contributed by atoms with Crippen molar-refractivity contribution in [2.24, 2.45) is 11.3 Å². The third kappa shape index (κ3) is 6.45. The maximum atomic E-state index is 2.37. The van der Waals surface area contributed by atoms with E-state index in [1.165, 1.54) is 19.3 Å². The molecule has 0 amide bonds. The molecular formula is C12H24. The summed E-state index contributed by atoms with van der Waals surface area (Å²) in [7, 11) is 0. The largest absolute Gasteiger partial charge is 0.0854 e. The number of hydrogen-bond donors (Lipinski definition) is 0. The summed E-state index contributed by atoms with van der Waals surface area (Å²) in [6.07, 6.45) is 8.64. The second-order valence-electron chi connectivity index (χ2n) is 4.70. The van der Waals surface area contributed by atoms with Gasteiger partial charge in [-0.05, 0) is 17.8 Å². The molecule has 0 aromatic heterocycles. The van der Waals surface area contributed by atoms with Crippen molar-refractivity contribution in [3.8, 4) is 0 Å². The molecule has 0 fully saturated rings. The Balaban J connectivity index is 3.85. The highest BCUT2D eigenvalue weighted by molar-refractivity contribution is 4.95. The normalized spacial score (nSPS) is 13.2. The first-order chi connectivity index (χ1) is 5.48. The zero-order valence-corrected chi connectivity index (χ0v) is 9.35. The summed E-state index contributed by atoms with van der Waals surface area (Å²) in [4.78, 5) is 0. The minimum absolute atomic E-state index is 0.403. The summed E-state index contributed by atoms with van der Waals surface area (Å²) >= 11 is 0. The quantitative estimate of drug-likeness (QED) is 0.533. The monoisotopic (exact) mass is 168 g/mol. The molecule has 0 saturated heterocycles. The van der Waals surface area contributed by atoms with Crippen LogP contribution in [-0.2, 0) is 0 Å². The van der Waals surface area contributed by atoms with Gasteiger partial charge < -0.3 is 0 Å². The van der Waals surface area contributed by atoms with E-state index in [1.54, 1.807) is 0 Å². The number of allylic oxidation sites excluding steroid dienone is 2. The Labute approximate surface area is 78.1 Å². The third-order valence-electron chi connectivity index (χ3n) is 2.11. The van der Waals surface area contributed by atoms with E-state index >= 15 is 0 Å². The van der Waals surface area contributed by atoms with Gasteiger partial charge in [-0.25, -0.2) is 0 Å². The smallest absolute Gasteiger partial charge is 0.0175 e. The van der Waals surface area contributed by atoms with Gasteiger partial charge in [-0.1, -0.05) is 59.6 Å². The highest BCUT2D eigenvalue weighted by Gasteiger charge is 2.12. The van der Waals surface area contributed by atoms with Crippen molar-refractivity contribution in [1.82, 2.24) is 0 Å². The van der Waals surface area contributed by atoms with E-state index in [2.05, 4.69) is 46.8 Å². The van der Waals surface area contributed by atoms with Crippen LogP contribution in [-0.4, -0.2) is 0 Å². The summed E-state index contributed by atoms with van der Waals surface area (Å²) in [6.45, 7) is 11.4. The summed E-state index contributed by atoms with van der Waals surface area (Å²) in [5, 5.41) is 0. The van der Waals surface area contributed by atoms with Crippen molar-refractivity contribution < 1.29 is 0 Å². The molecule has 0 atom stereocenters. The first-order valence-electron chi connectivity index (χ1n) is 5.17. The van der Waals surface area contributed by atoms with E-state index in [0.29, 0.717) is 11.3 Å².